The van der Waals surface area contributed by atoms with Crippen molar-refractivity contribution in [2.75, 3.05) is 20.1 Å². The minimum Gasteiger partial charge on any atom is -0.352 e. The molecule has 2 amide bonds. The molecule has 0 aliphatic heterocycles. The predicted octanol–water partition coefficient (Wildman–Crippen LogP) is 2.22. The Morgan fingerprint density at radius 3 is 1.83 bits per heavy atom. The largest absolute Gasteiger partial charge is 0.352 e. The molecule has 0 radical (unpaired) electrons. The van der Waals surface area contributed by atoms with Crippen molar-refractivity contribution in [2.45, 2.75) is 33.7 Å². The fourth-order valence-electron chi connectivity index (χ4n) is 1.67. The second kappa shape index (κ2) is 9.53. The maximum absolute atomic E-state index is 12.0. The number of benzene rings is 1. The van der Waals surface area contributed by atoms with Crippen LogP contribution in [-0.4, -0.2) is 38.0 Å². The van der Waals surface area contributed by atoms with Gasteiger partial charge in [0.15, 0.2) is 0 Å². The van der Waals surface area contributed by atoms with Gasteiger partial charge in [-0.05, 0) is 43.7 Å². The maximum Gasteiger partial charge on any atom is 0.251 e. The lowest BCUT2D eigenvalue weighted by Gasteiger charge is -2.18. The molecule has 3 N–H and O–H groups in total. The van der Waals surface area contributed by atoms with Crippen LogP contribution >= 0.6 is 12.4 Å². The molecule has 5 nitrogen and oxygen atoms in total. The van der Waals surface area contributed by atoms with Crippen LogP contribution in [0.25, 0.3) is 0 Å². The predicted molar refractivity (Wildman–Crippen MR) is 96.3 cm³/mol. The third-order valence-electron chi connectivity index (χ3n) is 3.25. The molecular formula is C17H28ClN3O2. The Morgan fingerprint density at radius 2 is 1.43 bits per heavy atom. The third-order valence-corrected chi connectivity index (χ3v) is 3.25. The first-order chi connectivity index (χ1) is 10.2. The van der Waals surface area contributed by atoms with E-state index in [1.807, 2.05) is 14.0 Å². The number of carbonyl (C=O) groups is 2. The highest BCUT2D eigenvalue weighted by atomic mass is 35.5. The Labute approximate surface area is 145 Å². The van der Waals surface area contributed by atoms with E-state index in [-0.39, 0.29) is 35.7 Å². The SMILES string of the molecule is CNC(C)CNC(=O)c1ccc(C(=O)NCC(C)(C)C)cc1.Cl. The molecule has 1 aromatic rings. The summed E-state index contributed by atoms with van der Waals surface area (Å²) in [5.41, 5.74) is 1.15. The van der Waals surface area contributed by atoms with Crippen LogP contribution in [0.3, 0.4) is 0 Å². The van der Waals surface area contributed by atoms with E-state index in [0.29, 0.717) is 24.2 Å². The van der Waals surface area contributed by atoms with Crippen molar-refractivity contribution in [1.82, 2.24) is 16.0 Å². The van der Waals surface area contributed by atoms with Gasteiger partial charge < -0.3 is 16.0 Å². The Balaban J connectivity index is 0.00000484. The Hall–Kier alpha value is -1.59. The van der Waals surface area contributed by atoms with E-state index in [1.54, 1.807) is 24.3 Å². The number of amides is 2. The standard InChI is InChI=1S/C17H27N3O2.ClH/c1-12(18-5)10-19-15(21)13-6-8-14(9-7-13)16(22)20-11-17(2,3)4;/h6-9,12,18H,10-11H2,1-5H3,(H,19,21)(H,20,22);1H. The van der Waals surface area contributed by atoms with Crippen molar-refractivity contribution < 1.29 is 9.59 Å². The summed E-state index contributed by atoms with van der Waals surface area (Å²) in [5.74, 6) is -0.255. The molecule has 1 aromatic carbocycles. The highest BCUT2D eigenvalue weighted by Crippen LogP contribution is 2.11. The second-order valence-electron chi connectivity index (χ2n) is 6.72. The lowest BCUT2D eigenvalue weighted by Crippen LogP contribution is -2.37. The summed E-state index contributed by atoms with van der Waals surface area (Å²) in [4.78, 5) is 24.0. The van der Waals surface area contributed by atoms with E-state index >= 15 is 0 Å². The van der Waals surface area contributed by atoms with Gasteiger partial charge in [0.05, 0.1) is 0 Å². The maximum atomic E-state index is 12.0. The summed E-state index contributed by atoms with van der Waals surface area (Å²) in [6, 6.07) is 6.91. The molecule has 6 heteroatoms. The summed E-state index contributed by atoms with van der Waals surface area (Å²) in [6.45, 7) is 9.34. The summed E-state index contributed by atoms with van der Waals surface area (Å²) in [7, 11) is 1.85. The van der Waals surface area contributed by atoms with Gasteiger partial charge in [-0.3, -0.25) is 9.59 Å². The highest BCUT2D eigenvalue weighted by Gasteiger charge is 2.13. The molecule has 23 heavy (non-hydrogen) atoms. The molecule has 1 rings (SSSR count). The van der Waals surface area contributed by atoms with E-state index < -0.39 is 0 Å². The van der Waals surface area contributed by atoms with Crippen molar-refractivity contribution in [3.8, 4) is 0 Å². The smallest absolute Gasteiger partial charge is 0.251 e. The van der Waals surface area contributed by atoms with Gasteiger partial charge in [0, 0.05) is 30.3 Å². The van der Waals surface area contributed by atoms with Gasteiger partial charge in [-0.15, -0.1) is 12.4 Å². The average Bonchev–Trinajstić information content (AvgIpc) is 2.49. The van der Waals surface area contributed by atoms with E-state index in [0.717, 1.165) is 0 Å². The number of carbonyl (C=O) groups excluding carboxylic acids is 2. The van der Waals surface area contributed by atoms with Gasteiger partial charge in [-0.2, -0.15) is 0 Å². The Morgan fingerprint density at radius 1 is 1.00 bits per heavy atom. The molecule has 0 aliphatic rings. The Kier molecular flexibility index (Phi) is 8.87. The first-order valence-corrected chi connectivity index (χ1v) is 7.56. The van der Waals surface area contributed by atoms with E-state index in [2.05, 4.69) is 36.7 Å². The second-order valence-corrected chi connectivity index (χ2v) is 6.72. The van der Waals surface area contributed by atoms with E-state index in [9.17, 15) is 9.59 Å². The molecule has 130 valence electrons. The van der Waals surface area contributed by atoms with Crippen LogP contribution in [0.15, 0.2) is 24.3 Å². The third kappa shape index (κ3) is 8.00. The molecule has 0 heterocycles. The van der Waals surface area contributed by atoms with Crippen LogP contribution in [0, 0.1) is 5.41 Å². The van der Waals surface area contributed by atoms with E-state index in [4.69, 9.17) is 0 Å². The number of likely N-dealkylation sites (N-methyl/N-ethyl adjacent to an activating group) is 1. The van der Waals surface area contributed by atoms with Gasteiger partial charge in [-0.1, -0.05) is 20.8 Å². The normalized spacial score (nSPS) is 12.0. The quantitative estimate of drug-likeness (QED) is 0.743. The van der Waals surface area contributed by atoms with Gasteiger partial charge in [0.1, 0.15) is 0 Å². The number of hydrogen-bond donors (Lipinski definition) is 3. The van der Waals surface area contributed by atoms with Crippen LogP contribution < -0.4 is 16.0 Å². The van der Waals surface area contributed by atoms with Crippen molar-refractivity contribution >= 4 is 24.2 Å². The van der Waals surface area contributed by atoms with E-state index in [1.165, 1.54) is 0 Å². The minimum absolute atomic E-state index is 0. The van der Waals surface area contributed by atoms with Gasteiger partial charge in [-0.25, -0.2) is 0 Å². The molecule has 0 saturated heterocycles. The fourth-order valence-corrected chi connectivity index (χ4v) is 1.67. The lowest BCUT2D eigenvalue weighted by atomic mass is 9.97. The molecule has 1 atom stereocenters. The zero-order valence-electron chi connectivity index (χ0n) is 14.5. The molecule has 0 fully saturated rings. The number of hydrogen-bond acceptors (Lipinski definition) is 3. The molecule has 0 bridgehead atoms. The van der Waals surface area contributed by atoms with Crippen LogP contribution in [0.1, 0.15) is 48.4 Å². The van der Waals surface area contributed by atoms with Crippen molar-refractivity contribution in [1.29, 1.82) is 0 Å². The highest BCUT2D eigenvalue weighted by molar-refractivity contribution is 5.97. The van der Waals surface area contributed by atoms with Crippen LogP contribution in [0.4, 0.5) is 0 Å². The molecule has 0 aromatic heterocycles. The molecule has 0 spiro atoms. The summed E-state index contributed by atoms with van der Waals surface area (Å²) in [5, 5.41) is 8.78. The van der Waals surface area contributed by atoms with Crippen LogP contribution in [0.2, 0.25) is 0 Å². The number of nitrogens with one attached hydrogen (secondary N) is 3. The first kappa shape index (κ1) is 21.4. The lowest BCUT2D eigenvalue weighted by molar-refractivity contribution is 0.0932. The molecule has 0 aliphatic carbocycles. The van der Waals surface area contributed by atoms with Crippen molar-refractivity contribution in [3.05, 3.63) is 35.4 Å². The molecule has 0 saturated carbocycles. The van der Waals surface area contributed by atoms with Crippen molar-refractivity contribution in [2.24, 2.45) is 5.41 Å². The zero-order chi connectivity index (χ0) is 16.8. The number of rotatable bonds is 6. The Bertz CT molecular complexity index is 510. The van der Waals surface area contributed by atoms with Gasteiger partial charge in [0.2, 0.25) is 0 Å². The number of halogens is 1. The van der Waals surface area contributed by atoms with Crippen LogP contribution in [0.5, 0.6) is 0 Å². The molecular weight excluding hydrogens is 314 g/mol. The monoisotopic (exact) mass is 341 g/mol. The summed E-state index contributed by atoms with van der Waals surface area (Å²) < 4.78 is 0. The first-order valence-electron chi connectivity index (χ1n) is 7.56. The van der Waals surface area contributed by atoms with Crippen LogP contribution in [-0.2, 0) is 0 Å². The van der Waals surface area contributed by atoms with Gasteiger partial charge >= 0.3 is 0 Å². The summed E-state index contributed by atoms with van der Waals surface area (Å²) in [6.07, 6.45) is 0. The zero-order valence-corrected chi connectivity index (χ0v) is 15.3. The van der Waals surface area contributed by atoms with Gasteiger partial charge in [0.25, 0.3) is 11.8 Å². The topological polar surface area (TPSA) is 70.2 Å². The average molecular weight is 342 g/mol. The fraction of sp³-hybridized carbons (Fsp3) is 0.529. The summed E-state index contributed by atoms with van der Waals surface area (Å²) >= 11 is 0. The van der Waals surface area contributed by atoms with Crippen molar-refractivity contribution in [3.63, 3.8) is 0 Å². The molecule has 1 unspecified atom stereocenters. The minimum atomic E-state index is -0.135.